The summed E-state index contributed by atoms with van der Waals surface area (Å²) in [5.41, 5.74) is 0.163. The monoisotopic (exact) mass is 353 g/mol. The predicted octanol–water partition coefficient (Wildman–Crippen LogP) is 0.0875. The van der Waals surface area contributed by atoms with Crippen LogP contribution in [0, 0.1) is 5.82 Å². The van der Waals surface area contributed by atoms with Crippen LogP contribution in [0.1, 0.15) is 16.8 Å². The van der Waals surface area contributed by atoms with Crippen molar-refractivity contribution < 1.29 is 23.8 Å². The number of rotatable bonds is 5. The molecule has 25 heavy (non-hydrogen) atoms. The van der Waals surface area contributed by atoms with Gasteiger partial charge in [0.25, 0.3) is 5.91 Å². The number of ether oxygens (including phenoxy) is 1. The number of nitrogens with zero attached hydrogens (tertiary/aromatic N) is 2. The Bertz CT molecular complexity index is 638. The van der Waals surface area contributed by atoms with E-state index in [4.69, 9.17) is 4.74 Å². The van der Waals surface area contributed by atoms with Crippen molar-refractivity contribution in [2.75, 3.05) is 40.8 Å². The molecule has 1 aliphatic heterocycles. The van der Waals surface area contributed by atoms with Gasteiger partial charge in [-0.3, -0.25) is 14.5 Å². The molecule has 1 saturated heterocycles. The van der Waals surface area contributed by atoms with Crippen LogP contribution < -0.4 is 10.1 Å². The van der Waals surface area contributed by atoms with Gasteiger partial charge in [0, 0.05) is 32.7 Å². The van der Waals surface area contributed by atoms with Gasteiger partial charge in [-0.2, -0.15) is 0 Å². The zero-order valence-electron chi connectivity index (χ0n) is 14.7. The molecule has 0 spiro atoms. The number of halogens is 1. The molecule has 0 bridgehead atoms. The van der Waals surface area contributed by atoms with E-state index in [1.165, 1.54) is 24.1 Å². The van der Waals surface area contributed by atoms with E-state index in [0.29, 0.717) is 19.5 Å². The first-order valence-corrected chi connectivity index (χ1v) is 8.06. The molecule has 0 saturated carbocycles. The fraction of sp³-hybridized carbons (Fsp3) is 0.529. The first-order valence-electron chi connectivity index (χ1n) is 8.06. The molecular weight excluding hydrogens is 329 g/mol. The number of benzene rings is 1. The van der Waals surface area contributed by atoms with Crippen LogP contribution in [0.4, 0.5) is 4.39 Å². The summed E-state index contributed by atoms with van der Waals surface area (Å²) < 4.78 is 18.5. The second-order valence-electron chi connectivity index (χ2n) is 6.31. The van der Waals surface area contributed by atoms with Gasteiger partial charge in [-0.25, -0.2) is 4.39 Å². The number of piperidine rings is 1. The van der Waals surface area contributed by atoms with E-state index in [-0.39, 0.29) is 23.8 Å². The smallest absolute Gasteiger partial charge is 0.251 e. The van der Waals surface area contributed by atoms with Gasteiger partial charge >= 0.3 is 0 Å². The molecule has 2 N–H and O–H groups in total. The van der Waals surface area contributed by atoms with Gasteiger partial charge in [0.15, 0.2) is 11.6 Å². The second kappa shape index (κ2) is 8.26. The van der Waals surface area contributed by atoms with E-state index in [0.717, 1.165) is 6.07 Å². The number of aliphatic hydroxyl groups is 1. The SMILES string of the molecule is COc1ccc(C(=O)N[C@@H]2CCN(CC(=O)N(C)C)C[C@H]2O)cc1F. The third-order valence-corrected chi connectivity index (χ3v) is 4.25. The summed E-state index contributed by atoms with van der Waals surface area (Å²) in [6.45, 7) is 1.11. The van der Waals surface area contributed by atoms with Crippen molar-refractivity contribution in [3.05, 3.63) is 29.6 Å². The molecule has 1 aromatic carbocycles. The van der Waals surface area contributed by atoms with Crippen molar-refractivity contribution in [1.29, 1.82) is 0 Å². The standard InChI is InChI=1S/C17H24FN3O4/c1-20(2)16(23)10-21-7-6-13(14(22)9-21)19-17(24)11-4-5-15(25-3)12(18)8-11/h4-5,8,13-14,22H,6-7,9-10H2,1-3H3,(H,19,24)/t13-,14-/m1/s1. The first-order chi connectivity index (χ1) is 11.8. The van der Waals surface area contributed by atoms with Crippen LogP contribution in [-0.2, 0) is 4.79 Å². The molecule has 0 aromatic heterocycles. The Kier molecular flexibility index (Phi) is 6.33. The highest BCUT2D eigenvalue weighted by Crippen LogP contribution is 2.18. The number of hydrogen-bond donors (Lipinski definition) is 2. The van der Waals surface area contributed by atoms with Crippen LogP contribution in [0.25, 0.3) is 0 Å². The topological polar surface area (TPSA) is 82.1 Å². The lowest BCUT2D eigenvalue weighted by atomic mass is 10.0. The Morgan fingerprint density at radius 2 is 2.16 bits per heavy atom. The van der Waals surface area contributed by atoms with Crippen LogP contribution in [0.15, 0.2) is 18.2 Å². The molecule has 0 unspecified atom stereocenters. The Hall–Kier alpha value is -2.19. The maximum absolute atomic E-state index is 13.7. The van der Waals surface area contributed by atoms with E-state index >= 15 is 0 Å². The first kappa shape index (κ1) is 19.1. The lowest BCUT2D eigenvalue weighted by molar-refractivity contribution is -0.130. The van der Waals surface area contributed by atoms with Crippen LogP contribution in [0.3, 0.4) is 0 Å². The summed E-state index contributed by atoms with van der Waals surface area (Å²) in [6, 6.07) is 3.51. The van der Waals surface area contributed by atoms with Crippen LogP contribution >= 0.6 is 0 Å². The highest BCUT2D eigenvalue weighted by atomic mass is 19.1. The number of amides is 2. The van der Waals surface area contributed by atoms with Crippen LogP contribution in [0.5, 0.6) is 5.75 Å². The van der Waals surface area contributed by atoms with Gasteiger partial charge in [0.05, 0.1) is 25.8 Å². The maximum Gasteiger partial charge on any atom is 0.251 e. The summed E-state index contributed by atoms with van der Waals surface area (Å²) in [7, 11) is 4.71. The minimum atomic E-state index is -0.796. The number of likely N-dealkylation sites (N-methyl/N-ethyl adjacent to an activating group) is 1. The number of nitrogens with one attached hydrogen (secondary N) is 1. The molecule has 1 heterocycles. The highest BCUT2D eigenvalue weighted by Gasteiger charge is 2.30. The maximum atomic E-state index is 13.7. The van der Waals surface area contributed by atoms with E-state index in [9.17, 15) is 19.1 Å². The van der Waals surface area contributed by atoms with Crippen molar-refractivity contribution in [3.63, 3.8) is 0 Å². The van der Waals surface area contributed by atoms with E-state index in [1.54, 1.807) is 14.1 Å². The molecule has 7 nitrogen and oxygen atoms in total. The summed E-state index contributed by atoms with van der Waals surface area (Å²) in [6.07, 6.45) is -0.289. The van der Waals surface area contributed by atoms with E-state index < -0.39 is 23.9 Å². The van der Waals surface area contributed by atoms with Gasteiger partial charge < -0.3 is 20.1 Å². The van der Waals surface area contributed by atoms with Crippen molar-refractivity contribution >= 4 is 11.8 Å². The second-order valence-corrected chi connectivity index (χ2v) is 6.31. The zero-order chi connectivity index (χ0) is 18.6. The molecular formula is C17H24FN3O4. The minimum Gasteiger partial charge on any atom is -0.494 e. The molecule has 0 aliphatic carbocycles. The number of β-amino-alcohol motifs (C(OH)–C–C–N with tert-alkyl or cyclic N) is 1. The van der Waals surface area contributed by atoms with Crippen molar-refractivity contribution in [3.8, 4) is 5.75 Å². The normalized spacial score (nSPS) is 20.8. The summed E-state index contributed by atoms with van der Waals surface area (Å²) in [5, 5.41) is 13.0. The van der Waals surface area contributed by atoms with Crippen LogP contribution in [-0.4, -0.2) is 79.7 Å². The molecule has 1 aliphatic rings. The Morgan fingerprint density at radius 3 is 2.72 bits per heavy atom. The van der Waals surface area contributed by atoms with Crippen molar-refractivity contribution in [2.24, 2.45) is 0 Å². The number of hydrogen-bond acceptors (Lipinski definition) is 5. The number of aliphatic hydroxyl groups excluding tert-OH is 1. The molecule has 2 amide bonds. The lowest BCUT2D eigenvalue weighted by Crippen LogP contribution is -2.55. The molecule has 1 fully saturated rings. The lowest BCUT2D eigenvalue weighted by Gasteiger charge is -2.36. The quantitative estimate of drug-likeness (QED) is 0.784. The summed E-state index contributed by atoms with van der Waals surface area (Å²) in [5.74, 6) is -1.05. The molecule has 8 heteroatoms. The number of likely N-dealkylation sites (tertiary alicyclic amines) is 1. The fourth-order valence-electron chi connectivity index (χ4n) is 2.70. The van der Waals surface area contributed by atoms with Gasteiger partial charge in [-0.05, 0) is 24.6 Å². The Morgan fingerprint density at radius 1 is 1.44 bits per heavy atom. The molecule has 2 atom stereocenters. The summed E-state index contributed by atoms with van der Waals surface area (Å²) in [4.78, 5) is 27.3. The third-order valence-electron chi connectivity index (χ3n) is 4.25. The number of carbonyl (C=O) groups is 2. The predicted molar refractivity (Wildman–Crippen MR) is 90.0 cm³/mol. The van der Waals surface area contributed by atoms with Crippen LogP contribution in [0.2, 0.25) is 0 Å². The van der Waals surface area contributed by atoms with Crippen molar-refractivity contribution in [1.82, 2.24) is 15.1 Å². The number of carbonyl (C=O) groups excluding carboxylic acids is 2. The minimum absolute atomic E-state index is 0.0385. The molecule has 138 valence electrons. The molecule has 2 rings (SSSR count). The van der Waals surface area contributed by atoms with E-state index in [2.05, 4.69) is 5.32 Å². The molecule has 0 radical (unpaired) electrons. The largest absolute Gasteiger partial charge is 0.494 e. The number of methoxy groups -OCH3 is 1. The average molecular weight is 353 g/mol. The average Bonchev–Trinajstić information content (AvgIpc) is 2.57. The highest BCUT2D eigenvalue weighted by molar-refractivity contribution is 5.94. The Balaban J connectivity index is 1.92. The van der Waals surface area contributed by atoms with E-state index in [1.807, 2.05) is 4.90 Å². The summed E-state index contributed by atoms with van der Waals surface area (Å²) >= 11 is 0. The van der Waals surface area contributed by atoms with Gasteiger partial charge in [-0.15, -0.1) is 0 Å². The molecule has 1 aromatic rings. The zero-order valence-corrected chi connectivity index (χ0v) is 14.7. The van der Waals surface area contributed by atoms with Gasteiger partial charge in [-0.1, -0.05) is 0 Å². The van der Waals surface area contributed by atoms with Gasteiger partial charge in [0.1, 0.15) is 0 Å². The van der Waals surface area contributed by atoms with Crippen molar-refractivity contribution in [2.45, 2.75) is 18.6 Å². The Labute approximate surface area is 146 Å². The van der Waals surface area contributed by atoms with Gasteiger partial charge in [0.2, 0.25) is 5.91 Å². The third kappa shape index (κ3) is 4.90. The fourth-order valence-corrected chi connectivity index (χ4v) is 2.70.